The van der Waals surface area contributed by atoms with Crippen molar-refractivity contribution in [2.24, 2.45) is 0 Å². The van der Waals surface area contributed by atoms with E-state index in [1.54, 1.807) is 24.3 Å². The summed E-state index contributed by atoms with van der Waals surface area (Å²) in [4.78, 5) is 3.87. The molecule has 370 valence electrons. The first kappa shape index (κ1) is 47.7. The van der Waals surface area contributed by atoms with Crippen LogP contribution in [0.4, 0.5) is 69.2 Å². The van der Waals surface area contributed by atoms with Crippen LogP contribution in [0, 0.1) is 11.6 Å². The predicted octanol–water partition coefficient (Wildman–Crippen LogP) is 20.5. The molecule has 12 aromatic rings. The molecule has 0 amide bonds. The fourth-order valence-electron chi connectivity index (χ4n) is 10.3. The molecule has 0 N–H and O–H groups in total. The third-order valence-electron chi connectivity index (χ3n) is 13.9. The lowest BCUT2D eigenvalue weighted by atomic mass is 9.91. The number of hydrogen-bond acceptors (Lipinski definition) is 2. The van der Waals surface area contributed by atoms with E-state index in [2.05, 4.69) is 0 Å². The van der Waals surface area contributed by atoms with Crippen LogP contribution in [-0.2, 0) is 12.4 Å². The van der Waals surface area contributed by atoms with Gasteiger partial charge in [0.1, 0.15) is 11.6 Å². The van der Waals surface area contributed by atoms with E-state index < -0.39 is 35.1 Å². The maximum atomic E-state index is 14.4. The van der Waals surface area contributed by atoms with Gasteiger partial charge in [0.15, 0.2) is 0 Å². The summed E-state index contributed by atoms with van der Waals surface area (Å²) in [6.07, 6.45) is -9.17. The van der Waals surface area contributed by atoms with Crippen LogP contribution in [0.3, 0.4) is 0 Å². The van der Waals surface area contributed by atoms with Gasteiger partial charge in [-0.15, -0.1) is 0 Å². The largest absolute Gasteiger partial charge is 0.416 e. The van der Waals surface area contributed by atoms with Gasteiger partial charge in [-0.05, 0) is 187 Å². The van der Waals surface area contributed by atoms with Crippen LogP contribution < -0.4 is 9.80 Å². The van der Waals surface area contributed by atoms with Gasteiger partial charge in [-0.1, -0.05) is 121 Å². The first-order chi connectivity index (χ1) is 36.7. The lowest BCUT2D eigenvalue weighted by Crippen LogP contribution is -2.13. The Kier molecular flexibility index (Phi) is 11.9. The second kappa shape index (κ2) is 18.9. The van der Waals surface area contributed by atoms with E-state index in [1.165, 1.54) is 48.5 Å². The van der Waals surface area contributed by atoms with Crippen molar-refractivity contribution in [3.8, 4) is 44.5 Å². The third kappa shape index (κ3) is 9.02. The average molecular weight is 1010 g/mol. The first-order valence-corrected chi connectivity index (χ1v) is 24.3. The lowest BCUT2D eigenvalue weighted by molar-refractivity contribution is -0.138. The van der Waals surface area contributed by atoms with Crippen molar-refractivity contribution in [3.63, 3.8) is 0 Å². The van der Waals surface area contributed by atoms with Crippen molar-refractivity contribution >= 4 is 66.4 Å². The van der Waals surface area contributed by atoms with Crippen LogP contribution >= 0.6 is 0 Å². The second-order valence-corrected chi connectivity index (χ2v) is 18.6. The highest BCUT2D eigenvalue weighted by Crippen LogP contribution is 2.50. The van der Waals surface area contributed by atoms with E-state index >= 15 is 0 Å². The highest BCUT2D eigenvalue weighted by atomic mass is 19.4. The summed E-state index contributed by atoms with van der Waals surface area (Å²) in [5.74, 6) is -0.798. The normalized spacial score (nSPS) is 11.9. The number of rotatable bonds is 10. The molecule has 0 aliphatic rings. The monoisotopic (exact) mass is 1010 g/mol. The SMILES string of the molecule is Fc1ccc(-c2cc(-c3ccccc3)cc(N(c3ccc(C(F)(F)F)cc3)c3ccc4ccc5c(N(c6ccc(C(F)(F)F)cc6)c6cc(-c7ccccc7)cc(-c7ccc(F)cc7)c6)ccc6ccc3c4c65)c2)cc1. The molecule has 0 spiro atoms. The Balaban J connectivity index is 1.11. The van der Waals surface area contributed by atoms with Crippen LogP contribution in [0.5, 0.6) is 0 Å². The van der Waals surface area contributed by atoms with Crippen molar-refractivity contribution in [1.29, 1.82) is 0 Å². The number of anilines is 6. The van der Waals surface area contributed by atoms with Crippen LogP contribution in [0.2, 0.25) is 0 Å². The maximum Gasteiger partial charge on any atom is 0.416 e. The molecule has 0 fully saturated rings. The zero-order chi connectivity index (χ0) is 52.3. The second-order valence-electron chi connectivity index (χ2n) is 18.6. The maximum absolute atomic E-state index is 14.4. The van der Waals surface area contributed by atoms with Crippen molar-refractivity contribution in [2.75, 3.05) is 9.80 Å². The molecule has 0 saturated heterocycles. The molecular formula is C66H40F8N2. The van der Waals surface area contributed by atoms with Gasteiger partial charge in [-0.25, -0.2) is 8.78 Å². The van der Waals surface area contributed by atoms with E-state index in [-0.39, 0.29) is 0 Å². The van der Waals surface area contributed by atoms with E-state index in [0.717, 1.165) is 101 Å². The van der Waals surface area contributed by atoms with Crippen LogP contribution in [0.15, 0.2) is 243 Å². The number of benzene rings is 12. The van der Waals surface area contributed by atoms with Crippen LogP contribution in [0.1, 0.15) is 11.1 Å². The Morgan fingerprint density at radius 1 is 0.263 bits per heavy atom. The molecule has 0 heterocycles. The molecular weight excluding hydrogens is 973 g/mol. The molecule has 0 aliphatic heterocycles. The molecule has 12 aromatic carbocycles. The fraction of sp³-hybridized carbons (Fsp3) is 0.0303. The summed E-state index contributed by atoms with van der Waals surface area (Å²) in [5.41, 5.74) is 8.21. The molecule has 76 heavy (non-hydrogen) atoms. The van der Waals surface area contributed by atoms with Crippen molar-refractivity contribution < 1.29 is 35.1 Å². The molecule has 2 nitrogen and oxygen atoms in total. The smallest absolute Gasteiger partial charge is 0.310 e. The molecule has 12 rings (SSSR count). The third-order valence-corrected chi connectivity index (χ3v) is 13.9. The van der Waals surface area contributed by atoms with Gasteiger partial charge in [-0.3, -0.25) is 0 Å². The number of hydrogen-bond donors (Lipinski definition) is 0. The van der Waals surface area contributed by atoms with Crippen LogP contribution in [0.25, 0.3) is 76.8 Å². The van der Waals surface area contributed by atoms with E-state index in [9.17, 15) is 35.1 Å². The van der Waals surface area contributed by atoms with E-state index in [0.29, 0.717) is 34.1 Å². The standard InChI is InChI=1S/C66H40F8N2/c67-53-23-11-43(12-24-53)49-35-47(41-7-3-1-4-8-41)37-57(39-49)75(55-27-19-51(20-28-55)65(69,70)71)61-33-17-45-16-32-60-62(34-18-46-15-31-59(61)63(45)64(46)60)76(56-29-21-52(22-30-56)66(72,73)74)58-38-48(42-9-5-2-6-10-42)36-50(40-58)44-13-25-54(68)26-14-44/h1-40H. The Hall–Kier alpha value is -9.28. The molecule has 0 aliphatic carbocycles. The van der Waals surface area contributed by atoms with Crippen molar-refractivity contribution in [2.45, 2.75) is 12.4 Å². The van der Waals surface area contributed by atoms with Gasteiger partial charge >= 0.3 is 12.4 Å². The minimum Gasteiger partial charge on any atom is -0.310 e. The van der Waals surface area contributed by atoms with Crippen molar-refractivity contribution in [1.82, 2.24) is 0 Å². The van der Waals surface area contributed by atoms with E-state index in [1.807, 2.05) is 155 Å². The zero-order valence-electron chi connectivity index (χ0n) is 40.0. The summed E-state index contributed by atoms with van der Waals surface area (Å²) in [6.45, 7) is 0. The summed E-state index contributed by atoms with van der Waals surface area (Å²) in [6, 6.07) is 69.5. The molecule has 0 aromatic heterocycles. The average Bonchev–Trinajstić information content (AvgIpc) is 3.61. The van der Waals surface area contributed by atoms with Gasteiger partial charge in [0, 0.05) is 33.5 Å². The highest BCUT2D eigenvalue weighted by molar-refractivity contribution is 6.28. The minimum absolute atomic E-state index is 0.399. The van der Waals surface area contributed by atoms with E-state index in [4.69, 9.17) is 0 Å². The molecule has 0 bridgehead atoms. The van der Waals surface area contributed by atoms with Gasteiger partial charge in [0.2, 0.25) is 0 Å². The van der Waals surface area contributed by atoms with Gasteiger partial charge < -0.3 is 9.80 Å². The van der Waals surface area contributed by atoms with Crippen LogP contribution in [-0.4, -0.2) is 0 Å². The number of nitrogens with zero attached hydrogens (tertiary/aromatic N) is 2. The summed E-state index contributed by atoms with van der Waals surface area (Å²) < 4.78 is 114. The number of halogens is 8. The zero-order valence-corrected chi connectivity index (χ0v) is 40.0. The summed E-state index contributed by atoms with van der Waals surface area (Å²) in [5, 5.41) is 4.98. The Bertz CT molecular complexity index is 3800. The Morgan fingerprint density at radius 3 is 0.908 bits per heavy atom. The highest BCUT2D eigenvalue weighted by Gasteiger charge is 2.32. The predicted molar refractivity (Wildman–Crippen MR) is 291 cm³/mol. The fourth-order valence-corrected chi connectivity index (χ4v) is 10.3. The van der Waals surface area contributed by atoms with Crippen molar-refractivity contribution in [3.05, 3.63) is 265 Å². The Morgan fingerprint density at radius 2 is 0.579 bits per heavy atom. The molecule has 0 atom stereocenters. The lowest BCUT2D eigenvalue weighted by Gasteiger charge is -2.30. The number of alkyl halides is 6. The molecule has 0 radical (unpaired) electrons. The summed E-state index contributed by atoms with van der Waals surface area (Å²) in [7, 11) is 0. The topological polar surface area (TPSA) is 6.48 Å². The van der Waals surface area contributed by atoms with Gasteiger partial charge in [0.05, 0.1) is 22.5 Å². The quantitative estimate of drug-likeness (QED) is 0.0995. The summed E-state index contributed by atoms with van der Waals surface area (Å²) >= 11 is 0. The van der Waals surface area contributed by atoms with Gasteiger partial charge in [0.25, 0.3) is 0 Å². The van der Waals surface area contributed by atoms with Gasteiger partial charge in [-0.2, -0.15) is 26.3 Å². The molecule has 0 unspecified atom stereocenters. The first-order valence-electron chi connectivity index (χ1n) is 24.3. The Labute approximate surface area is 431 Å². The molecule has 0 saturated carbocycles. The molecule has 10 heteroatoms. The minimum atomic E-state index is -4.59.